The Hall–Kier alpha value is -1.04. The molecule has 3 nitrogen and oxygen atoms in total. The van der Waals surface area contributed by atoms with Crippen LogP contribution in [0.4, 0.5) is 13.2 Å². The van der Waals surface area contributed by atoms with Gasteiger partial charge in [0, 0.05) is 12.8 Å². The van der Waals surface area contributed by atoms with Crippen LogP contribution in [0.2, 0.25) is 0 Å². The number of ether oxygens (including phenoxy) is 1. The van der Waals surface area contributed by atoms with E-state index in [4.69, 9.17) is 4.74 Å². The van der Waals surface area contributed by atoms with E-state index in [0.717, 1.165) is 44.6 Å². The van der Waals surface area contributed by atoms with Gasteiger partial charge < -0.3 is 4.74 Å². The van der Waals surface area contributed by atoms with E-state index in [1.165, 1.54) is 10.9 Å². The van der Waals surface area contributed by atoms with E-state index >= 15 is 0 Å². The molecule has 1 unspecified atom stereocenters. The van der Waals surface area contributed by atoms with Crippen LogP contribution in [0, 0.1) is 0 Å². The third kappa shape index (κ3) is 2.50. The summed E-state index contributed by atoms with van der Waals surface area (Å²) in [6.07, 6.45) is 2.96. The second kappa shape index (κ2) is 4.51. The molecule has 19 heavy (non-hydrogen) atoms. The minimum Gasteiger partial charge on any atom is -0.375 e. The summed E-state index contributed by atoms with van der Waals surface area (Å²) in [5.41, 5.74) is -0.910. The van der Waals surface area contributed by atoms with Crippen molar-refractivity contribution >= 4 is 0 Å². The molecule has 2 heterocycles. The molecule has 1 atom stereocenters. The van der Waals surface area contributed by atoms with Crippen LogP contribution in [0.1, 0.15) is 50.3 Å². The largest absolute Gasteiger partial charge is 0.435 e. The van der Waals surface area contributed by atoms with E-state index in [1.807, 2.05) is 0 Å². The Bertz CT molecular complexity index is 449. The lowest BCUT2D eigenvalue weighted by Crippen LogP contribution is -2.38. The predicted molar refractivity (Wildman–Crippen MR) is 62.7 cm³/mol. The summed E-state index contributed by atoms with van der Waals surface area (Å²) in [5.74, 6) is 0. The highest BCUT2D eigenvalue weighted by atomic mass is 19.4. The molecule has 0 radical (unpaired) electrons. The normalized spacial score (nSPS) is 27.0. The maximum atomic E-state index is 12.6. The lowest BCUT2D eigenvalue weighted by atomic mass is 9.89. The van der Waals surface area contributed by atoms with Crippen molar-refractivity contribution < 1.29 is 17.9 Å². The number of rotatable bonds is 1. The molecule has 0 N–H and O–H groups in total. The van der Waals surface area contributed by atoms with Gasteiger partial charge in [-0.3, -0.25) is 4.68 Å². The molecule has 1 aromatic rings. The Balaban J connectivity index is 1.76. The van der Waals surface area contributed by atoms with E-state index < -0.39 is 11.9 Å². The predicted octanol–water partition coefficient (Wildman–Crippen LogP) is 3.57. The first-order valence-electron chi connectivity index (χ1n) is 6.75. The van der Waals surface area contributed by atoms with Gasteiger partial charge in [0.1, 0.15) is 0 Å². The fraction of sp³-hybridized carbons (Fsp3) is 0.769. The van der Waals surface area contributed by atoms with Crippen molar-refractivity contribution in [1.29, 1.82) is 0 Å². The van der Waals surface area contributed by atoms with E-state index in [2.05, 4.69) is 5.10 Å². The van der Waals surface area contributed by atoms with Gasteiger partial charge in [0.25, 0.3) is 0 Å². The Morgan fingerprint density at radius 2 is 2.05 bits per heavy atom. The van der Waals surface area contributed by atoms with Crippen molar-refractivity contribution in [1.82, 2.24) is 9.78 Å². The van der Waals surface area contributed by atoms with E-state index in [1.54, 1.807) is 0 Å². The molecule has 1 saturated carbocycles. The standard InChI is InChI=1S/C13H17F3N2O/c14-13(15,16)11-3-7-18(17-11)10-4-8-19-12(9-10)5-1-2-6-12/h3,7,10H,1-2,4-6,8-9H2. The molecule has 0 amide bonds. The SMILES string of the molecule is FC(F)(F)c1ccn(C2CCOC3(CCCC3)C2)n1. The van der Waals surface area contributed by atoms with Gasteiger partial charge in [0.15, 0.2) is 5.69 Å². The molecule has 0 bridgehead atoms. The van der Waals surface area contributed by atoms with Gasteiger partial charge in [-0.25, -0.2) is 0 Å². The van der Waals surface area contributed by atoms with Crippen LogP contribution in [-0.4, -0.2) is 22.0 Å². The van der Waals surface area contributed by atoms with Crippen molar-refractivity contribution in [2.45, 2.75) is 56.3 Å². The number of aromatic nitrogens is 2. The van der Waals surface area contributed by atoms with Gasteiger partial charge >= 0.3 is 6.18 Å². The maximum absolute atomic E-state index is 12.6. The molecule has 1 aromatic heterocycles. The van der Waals surface area contributed by atoms with Crippen LogP contribution in [0.3, 0.4) is 0 Å². The van der Waals surface area contributed by atoms with Crippen molar-refractivity contribution in [2.24, 2.45) is 0 Å². The molecule has 2 fully saturated rings. The summed E-state index contributed by atoms with van der Waals surface area (Å²) in [5, 5.41) is 3.70. The molecule has 1 aliphatic heterocycles. The van der Waals surface area contributed by atoms with Crippen molar-refractivity contribution in [3.05, 3.63) is 18.0 Å². The fourth-order valence-electron chi connectivity index (χ4n) is 3.29. The number of hydrogen-bond acceptors (Lipinski definition) is 2. The smallest absolute Gasteiger partial charge is 0.375 e. The van der Waals surface area contributed by atoms with Crippen LogP contribution < -0.4 is 0 Å². The fourth-order valence-corrected chi connectivity index (χ4v) is 3.29. The average molecular weight is 274 g/mol. The highest BCUT2D eigenvalue weighted by molar-refractivity contribution is 5.05. The van der Waals surface area contributed by atoms with E-state index in [-0.39, 0.29) is 11.6 Å². The highest BCUT2D eigenvalue weighted by Crippen LogP contribution is 2.43. The first-order chi connectivity index (χ1) is 8.99. The second-order valence-electron chi connectivity index (χ2n) is 5.56. The van der Waals surface area contributed by atoms with Crippen molar-refractivity contribution in [3.63, 3.8) is 0 Å². The highest BCUT2D eigenvalue weighted by Gasteiger charge is 2.41. The lowest BCUT2D eigenvalue weighted by Gasteiger charge is -2.38. The maximum Gasteiger partial charge on any atom is 0.435 e. The zero-order valence-corrected chi connectivity index (χ0v) is 10.6. The van der Waals surface area contributed by atoms with Crippen LogP contribution in [0.25, 0.3) is 0 Å². The molecule has 3 rings (SSSR count). The minimum atomic E-state index is -4.36. The van der Waals surface area contributed by atoms with Crippen molar-refractivity contribution in [3.8, 4) is 0 Å². The summed E-state index contributed by atoms with van der Waals surface area (Å²) >= 11 is 0. The van der Waals surface area contributed by atoms with Gasteiger partial charge in [-0.2, -0.15) is 18.3 Å². The van der Waals surface area contributed by atoms with Gasteiger partial charge in [-0.15, -0.1) is 0 Å². The van der Waals surface area contributed by atoms with Crippen molar-refractivity contribution in [2.75, 3.05) is 6.61 Å². The number of alkyl halides is 3. The van der Waals surface area contributed by atoms with E-state index in [0.29, 0.717) is 6.61 Å². The zero-order valence-electron chi connectivity index (χ0n) is 10.6. The lowest BCUT2D eigenvalue weighted by molar-refractivity contribution is -0.141. The Morgan fingerprint density at radius 3 is 2.68 bits per heavy atom. The number of hydrogen-bond donors (Lipinski definition) is 0. The first-order valence-corrected chi connectivity index (χ1v) is 6.75. The minimum absolute atomic E-state index is 0.0305. The third-order valence-corrected chi connectivity index (χ3v) is 4.25. The zero-order chi connectivity index (χ0) is 13.5. The summed E-state index contributed by atoms with van der Waals surface area (Å²) < 4.78 is 45.1. The van der Waals surface area contributed by atoms with Crippen LogP contribution in [0.15, 0.2) is 12.3 Å². The Labute approximate surface area is 109 Å². The van der Waals surface area contributed by atoms with Gasteiger partial charge in [-0.05, 0) is 31.7 Å². The van der Waals surface area contributed by atoms with Crippen LogP contribution in [0.5, 0.6) is 0 Å². The summed E-state index contributed by atoms with van der Waals surface area (Å²) in [4.78, 5) is 0. The van der Waals surface area contributed by atoms with Crippen LogP contribution >= 0.6 is 0 Å². The first kappa shape index (κ1) is 13.0. The van der Waals surface area contributed by atoms with E-state index in [9.17, 15) is 13.2 Å². The Kier molecular flexibility index (Phi) is 3.08. The molecular weight excluding hydrogens is 257 g/mol. The summed E-state index contributed by atoms with van der Waals surface area (Å²) in [6.45, 7) is 0.617. The van der Waals surface area contributed by atoms with Gasteiger partial charge in [0.2, 0.25) is 0 Å². The molecular formula is C13H17F3N2O. The molecule has 1 spiro atoms. The van der Waals surface area contributed by atoms with Gasteiger partial charge in [0.05, 0.1) is 11.6 Å². The monoisotopic (exact) mass is 274 g/mol. The Morgan fingerprint density at radius 1 is 1.32 bits per heavy atom. The summed E-state index contributed by atoms with van der Waals surface area (Å²) in [6, 6.07) is 1.08. The molecule has 2 aliphatic rings. The van der Waals surface area contributed by atoms with Crippen LogP contribution in [-0.2, 0) is 10.9 Å². The number of nitrogens with zero attached hydrogens (tertiary/aromatic N) is 2. The molecule has 0 aromatic carbocycles. The molecule has 1 saturated heterocycles. The topological polar surface area (TPSA) is 27.1 Å². The average Bonchev–Trinajstić information content (AvgIpc) is 2.98. The molecule has 106 valence electrons. The summed E-state index contributed by atoms with van der Waals surface area (Å²) in [7, 11) is 0. The number of halogens is 3. The molecule has 1 aliphatic carbocycles. The van der Waals surface area contributed by atoms with Gasteiger partial charge in [-0.1, -0.05) is 12.8 Å². The second-order valence-corrected chi connectivity index (χ2v) is 5.56. The quantitative estimate of drug-likeness (QED) is 0.783. The molecule has 6 heteroatoms. The third-order valence-electron chi connectivity index (χ3n) is 4.25.